The number of aromatic nitrogens is 2. The Bertz CT molecular complexity index is 679. The van der Waals surface area contributed by atoms with Gasteiger partial charge < -0.3 is 24.1 Å². The van der Waals surface area contributed by atoms with Crippen LogP contribution < -0.4 is 10.1 Å². The first-order chi connectivity index (χ1) is 11.7. The number of nitrogens with one attached hydrogen (secondary N) is 1. The molecule has 24 heavy (non-hydrogen) atoms. The van der Waals surface area contributed by atoms with Gasteiger partial charge >= 0.3 is 0 Å². The van der Waals surface area contributed by atoms with Crippen molar-refractivity contribution < 1.29 is 18.7 Å². The van der Waals surface area contributed by atoms with Crippen LogP contribution in [0.4, 0.5) is 0 Å². The van der Waals surface area contributed by atoms with Crippen LogP contribution in [0.1, 0.15) is 18.9 Å². The second-order valence-corrected chi connectivity index (χ2v) is 5.97. The number of methoxy groups -OCH3 is 1. The van der Waals surface area contributed by atoms with Gasteiger partial charge in [0, 0.05) is 25.2 Å². The molecular weight excluding hydrogens is 334 g/mol. The molecular formula is C16H20ClN3O4. The Labute approximate surface area is 145 Å². The first-order valence-corrected chi connectivity index (χ1v) is 8.16. The van der Waals surface area contributed by atoms with Crippen LogP contribution in [0.2, 0.25) is 5.02 Å². The van der Waals surface area contributed by atoms with Crippen molar-refractivity contribution in [1.82, 2.24) is 15.5 Å². The number of hydrogen-bond donors (Lipinski definition) is 1. The van der Waals surface area contributed by atoms with Gasteiger partial charge in [0.1, 0.15) is 18.5 Å². The summed E-state index contributed by atoms with van der Waals surface area (Å²) in [5, 5.41) is 7.90. The minimum atomic E-state index is -0.257. The predicted octanol–water partition coefficient (Wildman–Crippen LogP) is 2.46. The van der Waals surface area contributed by atoms with Crippen molar-refractivity contribution in [2.45, 2.75) is 19.1 Å². The van der Waals surface area contributed by atoms with Crippen molar-refractivity contribution in [1.29, 1.82) is 0 Å². The number of benzene rings is 1. The molecule has 0 spiro atoms. The Morgan fingerprint density at radius 3 is 3.00 bits per heavy atom. The zero-order valence-corrected chi connectivity index (χ0v) is 14.4. The number of halogens is 1. The van der Waals surface area contributed by atoms with Gasteiger partial charge in [0.25, 0.3) is 5.89 Å². The van der Waals surface area contributed by atoms with Gasteiger partial charge in [-0.05, 0) is 25.1 Å². The van der Waals surface area contributed by atoms with Gasteiger partial charge in [-0.25, -0.2) is 0 Å². The molecule has 0 radical (unpaired) electrons. The summed E-state index contributed by atoms with van der Waals surface area (Å²) in [4.78, 5) is 4.46. The second-order valence-electron chi connectivity index (χ2n) is 5.53. The van der Waals surface area contributed by atoms with Crippen molar-refractivity contribution in [2.24, 2.45) is 0 Å². The maximum atomic E-state index is 6.10. The molecule has 1 N–H and O–H groups in total. The van der Waals surface area contributed by atoms with E-state index in [0.717, 1.165) is 6.54 Å². The van der Waals surface area contributed by atoms with E-state index in [1.807, 2.05) is 6.92 Å². The number of rotatable bonds is 6. The highest BCUT2D eigenvalue weighted by molar-refractivity contribution is 6.30. The number of ether oxygens (including phenoxy) is 3. The molecule has 0 bridgehead atoms. The van der Waals surface area contributed by atoms with Gasteiger partial charge in [-0.3, -0.25) is 0 Å². The quantitative estimate of drug-likeness (QED) is 0.799. The molecule has 2 atom stereocenters. The van der Waals surface area contributed by atoms with E-state index in [2.05, 4.69) is 15.5 Å². The standard InChI is InChI=1S/C16H20ClN3O4/c1-10-8-18-9-14(23-10)16-19-15(20-24-16)12-7-11(17)3-4-13(12)22-6-5-21-2/h3-4,7,10,14,18H,5-6,8-9H2,1-2H3/t10-,14-/m1/s1. The fraction of sp³-hybridized carbons (Fsp3) is 0.500. The topological polar surface area (TPSA) is 78.6 Å². The lowest BCUT2D eigenvalue weighted by atomic mass is 10.2. The zero-order chi connectivity index (χ0) is 16.9. The Hall–Kier alpha value is -1.67. The maximum absolute atomic E-state index is 6.10. The molecule has 1 aliphatic rings. The van der Waals surface area contributed by atoms with E-state index >= 15 is 0 Å². The molecule has 130 valence electrons. The summed E-state index contributed by atoms with van der Waals surface area (Å²) < 4.78 is 21.9. The first kappa shape index (κ1) is 17.2. The highest BCUT2D eigenvalue weighted by Crippen LogP contribution is 2.32. The molecule has 0 aliphatic carbocycles. The lowest BCUT2D eigenvalue weighted by Gasteiger charge is -2.25. The monoisotopic (exact) mass is 353 g/mol. The molecule has 3 rings (SSSR count). The molecule has 8 heteroatoms. The van der Waals surface area contributed by atoms with E-state index < -0.39 is 0 Å². The van der Waals surface area contributed by atoms with Gasteiger partial charge in [0.2, 0.25) is 5.82 Å². The Kier molecular flexibility index (Phi) is 5.68. The molecule has 2 aromatic rings. The van der Waals surface area contributed by atoms with Crippen molar-refractivity contribution >= 4 is 11.6 Å². The largest absolute Gasteiger partial charge is 0.490 e. The lowest BCUT2D eigenvalue weighted by molar-refractivity contribution is -0.0438. The maximum Gasteiger partial charge on any atom is 0.257 e. The van der Waals surface area contributed by atoms with Crippen molar-refractivity contribution in [3.63, 3.8) is 0 Å². The van der Waals surface area contributed by atoms with Crippen LogP contribution in [-0.4, -0.2) is 49.7 Å². The first-order valence-electron chi connectivity index (χ1n) is 7.79. The van der Waals surface area contributed by atoms with E-state index in [9.17, 15) is 0 Å². The van der Waals surface area contributed by atoms with Crippen LogP contribution >= 0.6 is 11.6 Å². The van der Waals surface area contributed by atoms with Crippen LogP contribution in [0.5, 0.6) is 5.75 Å². The summed E-state index contributed by atoms with van der Waals surface area (Å²) in [6.07, 6.45) is -0.162. The van der Waals surface area contributed by atoms with Crippen LogP contribution in [0.3, 0.4) is 0 Å². The molecule has 1 fully saturated rings. The molecule has 1 saturated heterocycles. The summed E-state index contributed by atoms with van der Waals surface area (Å²) in [5.74, 6) is 1.48. The fourth-order valence-corrected chi connectivity index (χ4v) is 2.63. The van der Waals surface area contributed by atoms with Crippen molar-refractivity contribution in [3.8, 4) is 17.1 Å². The molecule has 7 nitrogen and oxygen atoms in total. The third kappa shape index (κ3) is 4.05. The highest BCUT2D eigenvalue weighted by Gasteiger charge is 2.26. The predicted molar refractivity (Wildman–Crippen MR) is 88.3 cm³/mol. The van der Waals surface area contributed by atoms with Crippen molar-refractivity contribution in [2.75, 3.05) is 33.4 Å². The summed E-state index contributed by atoms with van der Waals surface area (Å²) in [5.41, 5.74) is 0.672. The minimum Gasteiger partial charge on any atom is -0.490 e. The smallest absolute Gasteiger partial charge is 0.257 e. The fourth-order valence-electron chi connectivity index (χ4n) is 2.45. The number of morpholine rings is 1. The SMILES string of the molecule is COCCOc1ccc(Cl)cc1-c1noc([C@H]2CNC[C@@H](C)O2)n1. The van der Waals surface area contributed by atoms with Gasteiger partial charge in [-0.15, -0.1) is 0 Å². The Balaban J connectivity index is 1.82. The molecule has 0 saturated carbocycles. The van der Waals surface area contributed by atoms with E-state index in [4.69, 9.17) is 30.3 Å². The van der Waals surface area contributed by atoms with Crippen LogP contribution in [0.25, 0.3) is 11.4 Å². The van der Waals surface area contributed by atoms with E-state index in [0.29, 0.717) is 47.8 Å². The van der Waals surface area contributed by atoms with E-state index in [-0.39, 0.29) is 12.2 Å². The third-order valence-electron chi connectivity index (χ3n) is 3.60. The summed E-state index contributed by atoms with van der Waals surface area (Å²) in [7, 11) is 1.62. The van der Waals surface area contributed by atoms with Crippen LogP contribution in [0, 0.1) is 0 Å². The van der Waals surface area contributed by atoms with Crippen LogP contribution in [-0.2, 0) is 9.47 Å². The Morgan fingerprint density at radius 1 is 1.33 bits per heavy atom. The average molecular weight is 354 g/mol. The molecule has 1 aromatic heterocycles. The van der Waals surface area contributed by atoms with Gasteiger partial charge in [-0.2, -0.15) is 4.98 Å². The summed E-state index contributed by atoms with van der Waals surface area (Å²) in [6.45, 7) is 4.35. The van der Waals surface area contributed by atoms with Gasteiger partial charge in [0.15, 0.2) is 0 Å². The lowest BCUT2D eigenvalue weighted by Crippen LogP contribution is -2.39. The average Bonchev–Trinajstić information content (AvgIpc) is 3.06. The Morgan fingerprint density at radius 2 is 2.21 bits per heavy atom. The summed E-state index contributed by atoms with van der Waals surface area (Å²) in [6, 6.07) is 5.29. The second kappa shape index (κ2) is 7.94. The minimum absolute atomic E-state index is 0.0956. The molecule has 0 unspecified atom stereocenters. The number of nitrogens with zero attached hydrogens (tertiary/aromatic N) is 2. The van der Waals surface area contributed by atoms with Crippen molar-refractivity contribution in [3.05, 3.63) is 29.1 Å². The van der Waals surface area contributed by atoms with Gasteiger partial charge in [-0.1, -0.05) is 16.8 Å². The molecule has 1 aliphatic heterocycles. The third-order valence-corrected chi connectivity index (χ3v) is 3.84. The molecule has 1 aromatic carbocycles. The molecule has 0 amide bonds. The zero-order valence-electron chi connectivity index (χ0n) is 13.6. The van der Waals surface area contributed by atoms with Crippen LogP contribution in [0.15, 0.2) is 22.7 Å². The van der Waals surface area contributed by atoms with Gasteiger partial charge in [0.05, 0.1) is 18.3 Å². The van der Waals surface area contributed by atoms with E-state index in [1.165, 1.54) is 0 Å². The highest BCUT2D eigenvalue weighted by atomic mass is 35.5. The summed E-state index contributed by atoms with van der Waals surface area (Å²) >= 11 is 6.10. The van der Waals surface area contributed by atoms with E-state index in [1.54, 1.807) is 25.3 Å². The normalized spacial score (nSPS) is 21.0. The number of hydrogen-bond acceptors (Lipinski definition) is 7. The molecule has 2 heterocycles.